The second kappa shape index (κ2) is 7.67. The number of rotatable bonds is 5. The van der Waals surface area contributed by atoms with Gasteiger partial charge in [0.25, 0.3) is 0 Å². The highest BCUT2D eigenvalue weighted by Crippen LogP contribution is 2.19. The molecular weight excluding hydrogens is 298 g/mol. The molecule has 116 valence electrons. The number of nitroso groups, excluding NO2 is 1. The number of carbonyl (C=O) groups excluding carboxylic acids is 1. The van der Waals surface area contributed by atoms with Crippen LogP contribution in [0.15, 0.2) is 5.29 Å². The Bertz CT molecular complexity index is 346. The van der Waals surface area contributed by atoms with E-state index in [1.54, 1.807) is 0 Å². The number of alkyl halides is 1. The van der Waals surface area contributed by atoms with Gasteiger partial charge >= 0.3 is 6.03 Å². The Balaban J connectivity index is 2.70. The van der Waals surface area contributed by atoms with Gasteiger partial charge in [-0.05, 0) is 0 Å². The summed E-state index contributed by atoms with van der Waals surface area (Å²) in [6, 6.07) is -0.995. The second-order valence-electron chi connectivity index (χ2n) is 4.09. The number of carbonyl (C=O) groups is 1. The zero-order chi connectivity index (χ0) is 15.3. The van der Waals surface area contributed by atoms with Crippen molar-refractivity contribution in [2.45, 2.75) is 30.6 Å². The van der Waals surface area contributed by atoms with Gasteiger partial charge < -0.3 is 30.5 Å². The van der Waals surface area contributed by atoms with E-state index in [-0.39, 0.29) is 12.4 Å². The van der Waals surface area contributed by atoms with Gasteiger partial charge in [0, 0.05) is 5.88 Å². The second-order valence-corrected chi connectivity index (χ2v) is 4.47. The fourth-order valence-corrected chi connectivity index (χ4v) is 1.84. The summed E-state index contributed by atoms with van der Waals surface area (Å²) in [6.07, 6.45) is -7.38. The smallest absolute Gasteiger partial charge is 0.342 e. The Morgan fingerprint density at radius 1 is 1.30 bits per heavy atom. The molecule has 0 aromatic rings. The predicted molar refractivity (Wildman–Crippen MR) is 65.5 cm³/mol. The summed E-state index contributed by atoms with van der Waals surface area (Å²) in [4.78, 5) is 22.0. The number of nitrogens with one attached hydrogen (secondary N) is 1. The molecule has 0 spiro atoms. The number of amides is 2. The van der Waals surface area contributed by atoms with E-state index >= 15 is 0 Å². The van der Waals surface area contributed by atoms with Crippen LogP contribution in [0.25, 0.3) is 0 Å². The van der Waals surface area contributed by atoms with Crippen molar-refractivity contribution in [1.29, 1.82) is 0 Å². The Morgan fingerprint density at radius 2 is 1.95 bits per heavy atom. The lowest BCUT2D eigenvalue weighted by Crippen LogP contribution is -2.64. The molecule has 1 unspecified atom stereocenters. The molecule has 1 aliphatic heterocycles. The van der Waals surface area contributed by atoms with Crippen molar-refractivity contribution in [1.82, 2.24) is 10.3 Å². The fourth-order valence-electron chi connectivity index (χ4n) is 1.68. The molecule has 0 aliphatic carbocycles. The van der Waals surface area contributed by atoms with E-state index in [0.717, 1.165) is 0 Å². The van der Waals surface area contributed by atoms with Crippen molar-refractivity contribution in [2.24, 2.45) is 5.29 Å². The molecule has 1 fully saturated rings. The Morgan fingerprint density at radius 3 is 2.45 bits per heavy atom. The molecule has 1 aliphatic rings. The maximum atomic E-state index is 11.6. The highest BCUT2D eigenvalue weighted by Gasteiger charge is 2.44. The van der Waals surface area contributed by atoms with E-state index in [1.807, 2.05) is 0 Å². The van der Waals surface area contributed by atoms with Crippen LogP contribution >= 0.6 is 11.6 Å². The van der Waals surface area contributed by atoms with Gasteiger partial charge in [-0.1, -0.05) is 0 Å². The third-order valence-electron chi connectivity index (χ3n) is 2.79. The summed E-state index contributed by atoms with van der Waals surface area (Å²) in [5.74, 6) is -0.0339. The molecular formula is C9H16ClN3O7. The van der Waals surface area contributed by atoms with Gasteiger partial charge in [-0.15, -0.1) is 16.5 Å². The molecule has 1 saturated heterocycles. The summed E-state index contributed by atoms with van der Waals surface area (Å²) in [7, 11) is 0. The van der Waals surface area contributed by atoms with Gasteiger partial charge in [-0.2, -0.15) is 5.01 Å². The molecule has 0 bridgehead atoms. The summed E-state index contributed by atoms with van der Waals surface area (Å²) < 4.78 is 5.03. The minimum atomic E-state index is -1.64. The molecule has 2 amide bonds. The van der Waals surface area contributed by atoms with Crippen LogP contribution in [-0.2, 0) is 4.74 Å². The number of halogens is 1. The van der Waals surface area contributed by atoms with E-state index in [9.17, 15) is 25.0 Å². The largest absolute Gasteiger partial charge is 0.394 e. The van der Waals surface area contributed by atoms with Gasteiger partial charge in [-0.25, -0.2) is 4.79 Å². The first-order valence-corrected chi connectivity index (χ1v) is 6.27. The number of hydrogen-bond acceptors (Lipinski definition) is 8. The number of aliphatic hydroxyl groups is 4. The van der Waals surface area contributed by atoms with Crippen LogP contribution in [0.2, 0.25) is 0 Å². The standard InChI is InChI=1S/C9H16ClN3O7/c10-1-2-13(12-19)9(18)11-8-7(17)6(16)5(15)4(3-14)20-8/h4-8,14-17H,1-3H2,(H,11,18)/t4-,5-,6+,7+,8?/m1/s1. The van der Waals surface area contributed by atoms with E-state index < -0.39 is 43.3 Å². The molecule has 5 atom stereocenters. The van der Waals surface area contributed by atoms with Crippen LogP contribution in [0, 0.1) is 4.91 Å². The van der Waals surface area contributed by atoms with E-state index in [0.29, 0.717) is 5.01 Å². The lowest BCUT2D eigenvalue weighted by Gasteiger charge is -2.40. The molecule has 0 saturated carbocycles. The minimum absolute atomic E-state index is 0.0339. The van der Waals surface area contributed by atoms with Crippen molar-refractivity contribution in [3.8, 4) is 0 Å². The van der Waals surface area contributed by atoms with Gasteiger partial charge in [0.1, 0.15) is 24.4 Å². The average Bonchev–Trinajstić information content (AvgIpc) is 2.45. The van der Waals surface area contributed by atoms with E-state index in [1.165, 1.54) is 0 Å². The molecule has 0 aromatic heterocycles. The first-order valence-electron chi connectivity index (χ1n) is 5.74. The van der Waals surface area contributed by atoms with Crippen LogP contribution < -0.4 is 5.32 Å². The summed E-state index contributed by atoms with van der Waals surface area (Å²) in [6.45, 7) is -0.789. The first-order chi connectivity index (χ1) is 9.46. The summed E-state index contributed by atoms with van der Waals surface area (Å²) in [5, 5.41) is 42.7. The topological polar surface area (TPSA) is 152 Å². The lowest BCUT2D eigenvalue weighted by molar-refractivity contribution is -0.233. The monoisotopic (exact) mass is 313 g/mol. The maximum absolute atomic E-state index is 11.6. The third-order valence-corrected chi connectivity index (χ3v) is 2.96. The van der Waals surface area contributed by atoms with Crippen LogP contribution in [0.4, 0.5) is 4.79 Å². The normalized spacial score (nSPS) is 33.5. The first kappa shape index (κ1) is 17.0. The fraction of sp³-hybridized carbons (Fsp3) is 0.889. The average molecular weight is 314 g/mol. The van der Waals surface area contributed by atoms with Crippen molar-refractivity contribution in [2.75, 3.05) is 19.0 Å². The van der Waals surface area contributed by atoms with E-state index in [2.05, 4.69) is 10.6 Å². The van der Waals surface area contributed by atoms with Crippen molar-refractivity contribution in [3.05, 3.63) is 4.91 Å². The third kappa shape index (κ3) is 3.75. The summed E-state index contributed by atoms with van der Waals surface area (Å²) in [5.41, 5.74) is 0. The number of nitrogens with zero attached hydrogens (tertiary/aromatic N) is 2. The number of hydrogen-bond donors (Lipinski definition) is 5. The molecule has 1 rings (SSSR count). The maximum Gasteiger partial charge on any atom is 0.342 e. The van der Waals surface area contributed by atoms with Gasteiger partial charge in [0.05, 0.1) is 18.4 Å². The molecule has 20 heavy (non-hydrogen) atoms. The van der Waals surface area contributed by atoms with Gasteiger partial charge in [0.2, 0.25) is 0 Å². The highest BCUT2D eigenvalue weighted by atomic mass is 35.5. The molecule has 0 radical (unpaired) electrons. The van der Waals surface area contributed by atoms with Crippen LogP contribution in [0.1, 0.15) is 0 Å². The van der Waals surface area contributed by atoms with Crippen LogP contribution in [0.5, 0.6) is 0 Å². The Hall–Kier alpha value is -1.04. The van der Waals surface area contributed by atoms with Crippen LogP contribution in [-0.4, -0.2) is 81.1 Å². The molecule has 0 aromatic carbocycles. The zero-order valence-corrected chi connectivity index (χ0v) is 11.0. The predicted octanol–water partition coefficient (Wildman–Crippen LogP) is -2.28. The van der Waals surface area contributed by atoms with Gasteiger partial charge in [-0.3, -0.25) is 0 Å². The molecule has 10 nitrogen and oxygen atoms in total. The van der Waals surface area contributed by atoms with E-state index in [4.69, 9.17) is 21.4 Å². The molecule has 5 N–H and O–H groups in total. The number of aliphatic hydroxyl groups excluding tert-OH is 4. The highest BCUT2D eigenvalue weighted by molar-refractivity contribution is 6.18. The van der Waals surface area contributed by atoms with Crippen LogP contribution in [0.3, 0.4) is 0 Å². The van der Waals surface area contributed by atoms with Crippen molar-refractivity contribution < 1.29 is 30.0 Å². The van der Waals surface area contributed by atoms with Crippen molar-refractivity contribution in [3.63, 3.8) is 0 Å². The molecule has 11 heteroatoms. The summed E-state index contributed by atoms with van der Waals surface area (Å²) >= 11 is 5.37. The quantitative estimate of drug-likeness (QED) is 0.218. The van der Waals surface area contributed by atoms with Gasteiger partial charge in [0.15, 0.2) is 6.23 Å². The zero-order valence-electron chi connectivity index (χ0n) is 10.3. The molecule has 1 heterocycles. The number of ether oxygens (including phenoxy) is 1. The van der Waals surface area contributed by atoms with Crippen molar-refractivity contribution >= 4 is 17.6 Å². The Labute approximate surface area is 118 Å². The lowest BCUT2D eigenvalue weighted by atomic mass is 9.98. The Kier molecular flexibility index (Phi) is 6.52. The number of urea groups is 1. The SMILES string of the molecule is O=NN(CCCl)C(=O)NC1O[C@H](CO)[C@@H](O)[C@H](O)[C@@H]1O. The minimum Gasteiger partial charge on any atom is -0.394 e.